The molecule has 2 N–H and O–H groups in total. The van der Waals surface area contributed by atoms with Gasteiger partial charge in [-0.3, -0.25) is 4.79 Å². The Kier molecular flexibility index (Phi) is 5.99. The zero-order valence-corrected chi connectivity index (χ0v) is 14.7. The maximum atomic E-state index is 12.4. The fourth-order valence-electron chi connectivity index (χ4n) is 2.82. The van der Waals surface area contributed by atoms with Crippen LogP contribution in [0.4, 0.5) is 0 Å². The molecule has 0 aromatic heterocycles. The smallest absolute Gasteiger partial charge is 0.337 e. The summed E-state index contributed by atoms with van der Waals surface area (Å²) in [6.45, 7) is 2.73. The molecular weight excluding hydrogens is 332 g/mol. The van der Waals surface area contributed by atoms with Gasteiger partial charge < -0.3 is 20.1 Å². The van der Waals surface area contributed by atoms with Crippen molar-refractivity contribution in [3.63, 3.8) is 0 Å². The van der Waals surface area contributed by atoms with Crippen molar-refractivity contribution in [2.45, 2.75) is 6.10 Å². The standard InChI is InChI=1S/C20H22N2O4/c1-25-20(24)15-7-5-14(6-8-15)16-3-2-4-17(11-16)19(23)22-13-18-12-21-9-10-26-18/h2-8,11,18,21H,9-10,12-13H2,1H3,(H,22,23). The highest BCUT2D eigenvalue weighted by atomic mass is 16.5. The molecule has 0 aliphatic carbocycles. The molecule has 1 aliphatic rings. The van der Waals surface area contributed by atoms with Gasteiger partial charge in [0.25, 0.3) is 5.91 Å². The van der Waals surface area contributed by atoms with Crippen LogP contribution >= 0.6 is 0 Å². The van der Waals surface area contributed by atoms with E-state index in [1.807, 2.05) is 30.3 Å². The van der Waals surface area contributed by atoms with Crippen LogP contribution in [0.25, 0.3) is 11.1 Å². The van der Waals surface area contributed by atoms with Gasteiger partial charge in [-0.15, -0.1) is 0 Å². The average molecular weight is 354 g/mol. The number of benzene rings is 2. The van der Waals surface area contributed by atoms with Crippen LogP contribution in [0.2, 0.25) is 0 Å². The van der Waals surface area contributed by atoms with E-state index in [2.05, 4.69) is 10.6 Å². The first-order valence-corrected chi connectivity index (χ1v) is 8.56. The maximum Gasteiger partial charge on any atom is 0.337 e. The number of rotatable bonds is 5. The van der Waals surface area contributed by atoms with Gasteiger partial charge in [-0.1, -0.05) is 24.3 Å². The minimum absolute atomic E-state index is 0.00162. The van der Waals surface area contributed by atoms with Crippen LogP contribution in [0, 0.1) is 0 Å². The minimum atomic E-state index is -0.371. The van der Waals surface area contributed by atoms with Crippen molar-refractivity contribution >= 4 is 11.9 Å². The van der Waals surface area contributed by atoms with Crippen LogP contribution in [-0.2, 0) is 9.47 Å². The summed E-state index contributed by atoms with van der Waals surface area (Å²) in [7, 11) is 1.35. The second-order valence-electron chi connectivity index (χ2n) is 6.06. The van der Waals surface area contributed by atoms with E-state index in [9.17, 15) is 9.59 Å². The molecule has 1 unspecified atom stereocenters. The molecule has 0 bridgehead atoms. The van der Waals surface area contributed by atoms with Gasteiger partial charge in [0.05, 0.1) is 25.4 Å². The minimum Gasteiger partial charge on any atom is -0.465 e. The first-order valence-electron chi connectivity index (χ1n) is 8.56. The summed E-state index contributed by atoms with van der Waals surface area (Å²) in [5, 5.41) is 6.15. The highest BCUT2D eigenvalue weighted by Crippen LogP contribution is 2.21. The molecule has 136 valence electrons. The molecule has 1 saturated heterocycles. The van der Waals surface area contributed by atoms with Gasteiger partial charge in [-0.25, -0.2) is 4.79 Å². The topological polar surface area (TPSA) is 76.7 Å². The summed E-state index contributed by atoms with van der Waals surface area (Å²) >= 11 is 0. The average Bonchev–Trinajstić information content (AvgIpc) is 2.72. The lowest BCUT2D eigenvalue weighted by molar-refractivity contribution is 0.0287. The van der Waals surface area contributed by atoms with Crippen molar-refractivity contribution in [1.29, 1.82) is 0 Å². The second-order valence-corrected chi connectivity index (χ2v) is 6.06. The number of amides is 1. The lowest BCUT2D eigenvalue weighted by atomic mass is 10.0. The summed E-state index contributed by atoms with van der Waals surface area (Å²) in [5.41, 5.74) is 2.91. The third kappa shape index (κ3) is 4.47. The van der Waals surface area contributed by atoms with Gasteiger partial charge in [-0.2, -0.15) is 0 Å². The summed E-state index contributed by atoms with van der Waals surface area (Å²) in [6, 6.07) is 14.5. The van der Waals surface area contributed by atoms with Gasteiger partial charge >= 0.3 is 5.97 Å². The van der Waals surface area contributed by atoms with Crippen LogP contribution in [0.5, 0.6) is 0 Å². The van der Waals surface area contributed by atoms with E-state index in [0.717, 1.165) is 24.2 Å². The predicted molar refractivity (Wildman–Crippen MR) is 98.2 cm³/mol. The van der Waals surface area contributed by atoms with Crippen molar-refractivity contribution in [2.24, 2.45) is 0 Å². The molecule has 3 rings (SSSR count). The SMILES string of the molecule is COC(=O)c1ccc(-c2cccc(C(=O)NCC3CNCCO3)c2)cc1. The lowest BCUT2D eigenvalue weighted by Crippen LogP contribution is -2.45. The van der Waals surface area contributed by atoms with Gasteiger partial charge in [0, 0.05) is 25.2 Å². The number of methoxy groups -OCH3 is 1. The van der Waals surface area contributed by atoms with Gasteiger partial charge in [0.2, 0.25) is 0 Å². The zero-order valence-electron chi connectivity index (χ0n) is 14.7. The molecule has 1 fully saturated rings. The Morgan fingerprint density at radius 1 is 1.15 bits per heavy atom. The number of nitrogens with one attached hydrogen (secondary N) is 2. The van der Waals surface area contributed by atoms with E-state index in [1.54, 1.807) is 18.2 Å². The van der Waals surface area contributed by atoms with E-state index < -0.39 is 0 Å². The fraction of sp³-hybridized carbons (Fsp3) is 0.300. The van der Waals surface area contributed by atoms with Crippen molar-refractivity contribution in [1.82, 2.24) is 10.6 Å². The Morgan fingerprint density at radius 2 is 1.96 bits per heavy atom. The molecule has 6 heteroatoms. The molecule has 1 aliphatic heterocycles. The van der Waals surface area contributed by atoms with Crippen LogP contribution < -0.4 is 10.6 Å². The van der Waals surface area contributed by atoms with Crippen LogP contribution in [0.15, 0.2) is 48.5 Å². The third-order valence-electron chi connectivity index (χ3n) is 4.26. The van der Waals surface area contributed by atoms with E-state index >= 15 is 0 Å². The van der Waals surface area contributed by atoms with E-state index in [-0.39, 0.29) is 18.0 Å². The highest BCUT2D eigenvalue weighted by Gasteiger charge is 2.15. The molecule has 1 heterocycles. The Hall–Kier alpha value is -2.70. The van der Waals surface area contributed by atoms with Crippen molar-refractivity contribution in [3.05, 3.63) is 59.7 Å². The first kappa shape index (κ1) is 18.1. The molecule has 0 spiro atoms. The van der Waals surface area contributed by atoms with Crippen molar-refractivity contribution < 1.29 is 19.1 Å². The van der Waals surface area contributed by atoms with Crippen molar-refractivity contribution in [3.8, 4) is 11.1 Å². The zero-order chi connectivity index (χ0) is 18.4. The quantitative estimate of drug-likeness (QED) is 0.802. The number of morpholine rings is 1. The highest BCUT2D eigenvalue weighted by molar-refractivity contribution is 5.95. The lowest BCUT2D eigenvalue weighted by Gasteiger charge is -2.23. The molecule has 0 saturated carbocycles. The van der Waals surface area contributed by atoms with Crippen LogP contribution in [0.3, 0.4) is 0 Å². The summed E-state index contributed by atoms with van der Waals surface area (Å²) in [6.07, 6.45) is 0.00162. The summed E-state index contributed by atoms with van der Waals surface area (Å²) < 4.78 is 10.3. The van der Waals surface area contributed by atoms with E-state index in [1.165, 1.54) is 7.11 Å². The molecule has 2 aromatic carbocycles. The Bertz CT molecular complexity index is 768. The Balaban J connectivity index is 1.67. The molecular formula is C20H22N2O4. The molecule has 0 radical (unpaired) electrons. The Morgan fingerprint density at radius 3 is 2.65 bits per heavy atom. The summed E-state index contributed by atoms with van der Waals surface area (Å²) in [5.74, 6) is -0.503. The number of hydrogen-bond acceptors (Lipinski definition) is 5. The van der Waals surface area contributed by atoms with Gasteiger partial charge in [-0.05, 0) is 35.4 Å². The first-order chi connectivity index (χ1) is 12.7. The van der Waals surface area contributed by atoms with Gasteiger partial charge in [0.1, 0.15) is 0 Å². The molecule has 6 nitrogen and oxygen atoms in total. The largest absolute Gasteiger partial charge is 0.465 e. The monoisotopic (exact) mass is 354 g/mol. The van der Waals surface area contributed by atoms with E-state index in [0.29, 0.717) is 24.3 Å². The normalized spacial score (nSPS) is 16.7. The number of carbonyl (C=O) groups excluding carboxylic acids is 2. The number of esters is 1. The summed E-state index contributed by atoms with van der Waals surface area (Å²) in [4.78, 5) is 23.9. The third-order valence-corrected chi connectivity index (χ3v) is 4.26. The molecule has 2 aromatic rings. The second kappa shape index (κ2) is 8.60. The van der Waals surface area contributed by atoms with Gasteiger partial charge in [0.15, 0.2) is 0 Å². The predicted octanol–water partition coefficient (Wildman–Crippen LogP) is 1.86. The van der Waals surface area contributed by atoms with Crippen molar-refractivity contribution in [2.75, 3.05) is 33.4 Å². The van der Waals surface area contributed by atoms with Crippen LogP contribution in [0.1, 0.15) is 20.7 Å². The number of carbonyl (C=O) groups is 2. The molecule has 1 amide bonds. The number of ether oxygens (including phenoxy) is 2. The fourth-order valence-corrected chi connectivity index (χ4v) is 2.82. The van der Waals surface area contributed by atoms with Crippen LogP contribution in [-0.4, -0.2) is 51.3 Å². The molecule has 26 heavy (non-hydrogen) atoms. The number of hydrogen-bond donors (Lipinski definition) is 2. The maximum absolute atomic E-state index is 12.4. The Labute approximate surface area is 152 Å². The van der Waals surface area contributed by atoms with E-state index in [4.69, 9.17) is 9.47 Å². The molecule has 1 atom stereocenters.